The number of nitro groups is 1. The van der Waals surface area contributed by atoms with E-state index in [1.54, 1.807) is 24.3 Å². The van der Waals surface area contributed by atoms with Gasteiger partial charge in [-0.05, 0) is 45.8 Å². The zero-order valence-corrected chi connectivity index (χ0v) is 12.8. The molecule has 0 bridgehead atoms. The first-order chi connectivity index (χ1) is 10.5. The fraction of sp³-hybridized carbons (Fsp3) is 0.0714. The predicted octanol–water partition coefficient (Wildman–Crippen LogP) is 2.68. The Kier molecular flexibility index (Phi) is 5.21. The molecule has 0 aromatic heterocycles. The van der Waals surface area contributed by atoms with Gasteiger partial charge in [0.1, 0.15) is 6.17 Å². The van der Waals surface area contributed by atoms with Gasteiger partial charge in [-0.1, -0.05) is 12.1 Å². The van der Waals surface area contributed by atoms with Gasteiger partial charge in [0.15, 0.2) is 0 Å². The highest BCUT2D eigenvalue weighted by Crippen LogP contribution is 2.18. The Morgan fingerprint density at radius 3 is 2.45 bits per heavy atom. The summed E-state index contributed by atoms with van der Waals surface area (Å²) >= 11 is 3.25. The number of carbonyl (C=O) groups is 1. The van der Waals surface area contributed by atoms with Crippen LogP contribution in [0.25, 0.3) is 0 Å². The molecule has 0 heterocycles. The van der Waals surface area contributed by atoms with E-state index in [0.29, 0.717) is 15.6 Å². The lowest BCUT2D eigenvalue weighted by Gasteiger charge is -2.14. The maximum atomic E-state index is 11.9. The summed E-state index contributed by atoms with van der Waals surface area (Å²) in [5.74, 6) is -0.593. The molecule has 1 unspecified atom stereocenters. The minimum atomic E-state index is -0.799. The largest absolute Gasteiger partial charge is 0.365 e. The molecule has 0 radical (unpaired) electrons. The summed E-state index contributed by atoms with van der Waals surface area (Å²) in [7, 11) is 0. The van der Waals surface area contributed by atoms with Crippen LogP contribution in [0.4, 0.5) is 5.69 Å². The van der Waals surface area contributed by atoms with Crippen molar-refractivity contribution in [1.29, 1.82) is 0 Å². The fourth-order valence-corrected chi connectivity index (χ4v) is 2.12. The number of non-ortho nitro benzene ring substituents is 1. The molecule has 0 saturated carbocycles. The molecule has 7 nitrogen and oxygen atoms in total. The van der Waals surface area contributed by atoms with Crippen molar-refractivity contribution in [2.24, 2.45) is 5.73 Å². The Balaban J connectivity index is 1.97. The highest BCUT2D eigenvalue weighted by molar-refractivity contribution is 9.10. The topological polar surface area (TPSA) is 107 Å². The average molecular weight is 366 g/mol. The molecule has 0 fully saturated rings. The standard InChI is InChI=1S/C14H12BrN3O4/c15-12-4-2-1-3-11(12)14(19)22-17-13(16)9-5-7-10(8-6-9)18(20)21/h1-8,13,17H,16H2. The van der Waals surface area contributed by atoms with Crippen LogP contribution < -0.4 is 11.2 Å². The van der Waals surface area contributed by atoms with E-state index < -0.39 is 17.1 Å². The number of halogens is 1. The molecule has 2 aromatic rings. The van der Waals surface area contributed by atoms with Gasteiger partial charge in [-0.25, -0.2) is 4.79 Å². The molecule has 2 aromatic carbocycles. The highest BCUT2D eigenvalue weighted by atomic mass is 79.9. The number of nitrogens with two attached hydrogens (primary N) is 1. The molecule has 2 rings (SSSR count). The number of benzene rings is 2. The second-order valence-electron chi connectivity index (χ2n) is 4.31. The summed E-state index contributed by atoms with van der Waals surface area (Å²) in [4.78, 5) is 26.9. The average Bonchev–Trinajstić information content (AvgIpc) is 2.52. The van der Waals surface area contributed by atoms with Crippen LogP contribution >= 0.6 is 15.9 Å². The van der Waals surface area contributed by atoms with Gasteiger partial charge in [-0.2, -0.15) is 0 Å². The van der Waals surface area contributed by atoms with Crippen LogP contribution in [0.15, 0.2) is 53.0 Å². The molecule has 0 amide bonds. The molecule has 0 spiro atoms. The van der Waals surface area contributed by atoms with E-state index in [1.807, 2.05) is 0 Å². The fourth-order valence-electron chi connectivity index (χ4n) is 1.67. The number of nitrogens with zero attached hydrogens (tertiary/aromatic N) is 1. The van der Waals surface area contributed by atoms with Crippen molar-refractivity contribution >= 4 is 27.6 Å². The maximum Gasteiger partial charge on any atom is 0.358 e. The van der Waals surface area contributed by atoms with Crippen LogP contribution in [-0.2, 0) is 4.84 Å². The molecular formula is C14H12BrN3O4. The molecule has 0 aliphatic heterocycles. The van der Waals surface area contributed by atoms with Crippen LogP contribution in [0, 0.1) is 10.1 Å². The number of rotatable bonds is 5. The van der Waals surface area contributed by atoms with E-state index >= 15 is 0 Å². The van der Waals surface area contributed by atoms with Crippen molar-refractivity contribution in [3.8, 4) is 0 Å². The minimum Gasteiger partial charge on any atom is -0.365 e. The zero-order valence-electron chi connectivity index (χ0n) is 11.2. The lowest BCUT2D eigenvalue weighted by Crippen LogP contribution is -2.31. The van der Waals surface area contributed by atoms with Gasteiger partial charge in [0.2, 0.25) is 0 Å². The van der Waals surface area contributed by atoms with Gasteiger partial charge in [-0.3, -0.25) is 10.1 Å². The van der Waals surface area contributed by atoms with Gasteiger partial charge in [0.25, 0.3) is 5.69 Å². The predicted molar refractivity (Wildman–Crippen MR) is 82.7 cm³/mol. The summed E-state index contributed by atoms with van der Waals surface area (Å²) in [6.45, 7) is 0. The van der Waals surface area contributed by atoms with Gasteiger partial charge in [0, 0.05) is 16.6 Å². The van der Waals surface area contributed by atoms with E-state index in [-0.39, 0.29) is 5.69 Å². The summed E-state index contributed by atoms with van der Waals surface area (Å²) in [5.41, 5.74) is 9.09. The normalized spacial score (nSPS) is 11.7. The Hall–Kier alpha value is -2.29. The number of carbonyl (C=O) groups excluding carboxylic acids is 1. The van der Waals surface area contributed by atoms with Crippen molar-refractivity contribution in [1.82, 2.24) is 5.48 Å². The first-order valence-corrected chi connectivity index (χ1v) is 6.99. The summed E-state index contributed by atoms with van der Waals surface area (Å²) in [6, 6.07) is 12.4. The first-order valence-electron chi connectivity index (χ1n) is 6.20. The van der Waals surface area contributed by atoms with E-state index in [9.17, 15) is 14.9 Å². The van der Waals surface area contributed by atoms with Crippen molar-refractivity contribution in [3.63, 3.8) is 0 Å². The highest BCUT2D eigenvalue weighted by Gasteiger charge is 2.14. The maximum absolute atomic E-state index is 11.9. The molecule has 1 atom stereocenters. The summed E-state index contributed by atoms with van der Waals surface area (Å²) < 4.78 is 0.603. The van der Waals surface area contributed by atoms with Crippen molar-refractivity contribution in [2.75, 3.05) is 0 Å². The smallest absolute Gasteiger partial charge is 0.358 e. The summed E-state index contributed by atoms with van der Waals surface area (Å²) in [6.07, 6.45) is -0.799. The molecule has 3 N–H and O–H groups in total. The van der Waals surface area contributed by atoms with Crippen LogP contribution in [0.3, 0.4) is 0 Å². The van der Waals surface area contributed by atoms with E-state index in [4.69, 9.17) is 10.6 Å². The number of hydroxylamine groups is 1. The van der Waals surface area contributed by atoms with E-state index in [1.165, 1.54) is 24.3 Å². The Morgan fingerprint density at radius 1 is 1.23 bits per heavy atom. The molecule has 22 heavy (non-hydrogen) atoms. The second kappa shape index (κ2) is 7.12. The number of nitrogens with one attached hydrogen (secondary N) is 1. The first kappa shape index (κ1) is 16.1. The third-order valence-electron chi connectivity index (χ3n) is 2.84. The molecule has 0 aliphatic rings. The van der Waals surface area contributed by atoms with Crippen LogP contribution in [0.2, 0.25) is 0 Å². The molecular weight excluding hydrogens is 354 g/mol. The van der Waals surface area contributed by atoms with Gasteiger partial charge < -0.3 is 10.6 Å². The summed E-state index contributed by atoms with van der Waals surface area (Å²) in [5, 5.41) is 10.6. The number of nitro benzene ring substituents is 1. The second-order valence-corrected chi connectivity index (χ2v) is 5.17. The van der Waals surface area contributed by atoms with Crippen LogP contribution in [-0.4, -0.2) is 10.9 Å². The van der Waals surface area contributed by atoms with E-state index in [2.05, 4.69) is 21.4 Å². The van der Waals surface area contributed by atoms with Crippen molar-refractivity contribution in [2.45, 2.75) is 6.17 Å². The Bertz CT molecular complexity index is 691. The zero-order chi connectivity index (χ0) is 16.1. The molecule has 8 heteroatoms. The lowest BCUT2D eigenvalue weighted by atomic mass is 10.2. The Labute approximate surface area is 134 Å². The van der Waals surface area contributed by atoms with Gasteiger partial charge >= 0.3 is 5.97 Å². The van der Waals surface area contributed by atoms with E-state index in [0.717, 1.165) is 0 Å². The molecule has 114 valence electrons. The SMILES string of the molecule is NC(NOC(=O)c1ccccc1Br)c1ccc([N+](=O)[O-])cc1. The van der Waals surface area contributed by atoms with Crippen molar-refractivity contribution < 1.29 is 14.6 Å². The minimum absolute atomic E-state index is 0.0406. The molecule has 0 saturated heterocycles. The van der Waals surface area contributed by atoms with Crippen molar-refractivity contribution in [3.05, 3.63) is 74.2 Å². The molecule has 0 aliphatic carbocycles. The Morgan fingerprint density at radius 2 is 1.86 bits per heavy atom. The monoisotopic (exact) mass is 365 g/mol. The van der Waals surface area contributed by atoms with Crippen LogP contribution in [0.5, 0.6) is 0 Å². The third-order valence-corrected chi connectivity index (χ3v) is 3.53. The van der Waals surface area contributed by atoms with Gasteiger partial charge in [0.05, 0.1) is 10.5 Å². The van der Waals surface area contributed by atoms with Gasteiger partial charge in [-0.15, -0.1) is 5.48 Å². The number of hydrogen-bond acceptors (Lipinski definition) is 6. The quantitative estimate of drug-likeness (QED) is 0.479. The third kappa shape index (κ3) is 3.88. The van der Waals surface area contributed by atoms with Crippen LogP contribution in [0.1, 0.15) is 22.1 Å². The number of hydrogen-bond donors (Lipinski definition) is 2. The lowest BCUT2D eigenvalue weighted by molar-refractivity contribution is -0.384.